The largest absolute Gasteiger partial charge is 0.548 e. The quantitative estimate of drug-likeness (QED) is 0.441. The molecule has 0 unspecified atom stereocenters. The number of aliphatic carboxylic acids is 1. The molecular weight excluding hydrogens is 350 g/mol. The Morgan fingerprint density at radius 3 is 2.50 bits per heavy atom. The average molecular weight is 364 g/mol. The molecule has 8 heteroatoms. The van der Waals surface area contributed by atoms with Crippen molar-refractivity contribution in [3.05, 3.63) is 40.3 Å². The van der Waals surface area contributed by atoms with Crippen LogP contribution in [0, 0.1) is 0 Å². The van der Waals surface area contributed by atoms with Gasteiger partial charge in [-0.05, 0) is 30.2 Å². The van der Waals surface area contributed by atoms with Gasteiger partial charge in [0.2, 0.25) is 0 Å². The van der Waals surface area contributed by atoms with E-state index in [4.69, 9.17) is 12.2 Å². The number of ether oxygens (including phenoxy) is 1. The number of nitrogens with zero attached hydrogens (tertiary/aromatic N) is 1. The van der Waals surface area contributed by atoms with Crippen LogP contribution in [0.15, 0.2) is 29.2 Å². The number of thioether (sulfide) groups is 1. The molecule has 0 N–H and O–H groups in total. The van der Waals surface area contributed by atoms with Crippen LogP contribution in [-0.2, 0) is 14.3 Å². The minimum Gasteiger partial charge on any atom is -0.548 e. The van der Waals surface area contributed by atoms with E-state index < -0.39 is 23.9 Å². The van der Waals surface area contributed by atoms with E-state index in [1.54, 1.807) is 37.3 Å². The second-order valence-corrected chi connectivity index (χ2v) is 6.58. The molecule has 0 saturated carbocycles. The standard InChI is InChI=1S/C16H15NO5S2/c1-3-11(14(19)20)17-13(18)12(24-16(17)23)8-9-4-6-10(7-5-9)15(21)22-2/h4-8,11H,3H2,1-2H3,(H,19,20)/p-1/b12-8-/t11-/m0/s1. The van der Waals surface area contributed by atoms with Gasteiger partial charge < -0.3 is 14.6 Å². The molecule has 1 aliphatic rings. The molecule has 6 nitrogen and oxygen atoms in total. The van der Waals surface area contributed by atoms with E-state index in [1.165, 1.54) is 7.11 Å². The summed E-state index contributed by atoms with van der Waals surface area (Å²) in [5.74, 6) is -2.25. The molecule has 126 valence electrons. The highest BCUT2D eigenvalue weighted by Crippen LogP contribution is 2.34. The van der Waals surface area contributed by atoms with Crippen molar-refractivity contribution >= 4 is 52.2 Å². The van der Waals surface area contributed by atoms with Crippen molar-refractivity contribution < 1.29 is 24.2 Å². The molecule has 1 atom stereocenters. The lowest BCUT2D eigenvalue weighted by Gasteiger charge is -2.26. The minimum absolute atomic E-state index is 0.188. The normalized spacial score (nSPS) is 17.2. The van der Waals surface area contributed by atoms with E-state index >= 15 is 0 Å². The molecule has 1 amide bonds. The van der Waals surface area contributed by atoms with Crippen molar-refractivity contribution in [2.24, 2.45) is 0 Å². The van der Waals surface area contributed by atoms with Crippen LogP contribution in [0.3, 0.4) is 0 Å². The molecule has 24 heavy (non-hydrogen) atoms. The molecule has 1 aliphatic heterocycles. The summed E-state index contributed by atoms with van der Waals surface area (Å²) in [5.41, 5.74) is 1.08. The summed E-state index contributed by atoms with van der Waals surface area (Å²) < 4.78 is 4.81. The third-order valence-electron chi connectivity index (χ3n) is 3.42. The summed E-state index contributed by atoms with van der Waals surface area (Å²) in [6, 6.07) is 5.40. The van der Waals surface area contributed by atoms with Crippen LogP contribution in [0.1, 0.15) is 29.3 Å². The number of carboxylic acids is 1. The van der Waals surface area contributed by atoms with Crippen molar-refractivity contribution in [2.45, 2.75) is 19.4 Å². The summed E-state index contributed by atoms with van der Waals surface area (Å²) in [6.07, 6.45) is 1.80. The number of hydrogen-bond donors (Lipinski definition) is 0. The van der Waals surface area contributed by atoms with Gasteiger partial charge in [0.05, 0.1) is 29.6 Å². The zero-order chi connectivity index (χ0) is 17.9. The molecule has 1 saturated heterocycles. The molecule has 1 aromatic carbocycles. The van der Waals surface area contributed by atoms with Gasteiger partial charge in [0, 0.05) is 0 Å². The lowest BCUT2D eigenvalue weighted by molar-refractivity contribution is -0.310. The van der Waals surface area contributed by atoms with Gasteiger partial charge in [-0.1, -0.05) is 43.0 Å². The van der Waals surface area contributed by atoms with Crippen LogP contribution in [0.2, 0.25) is 0 Å². The van der Waals surface area contributed by atoms with E-state index in [-0.39, 0.29) is 10.7 Å². The maximum atomic E-state index is 12.4. The van der Waals surface area contributed by atoms with Crippen LogP contribution in [0.25, 0.3) is 6.08 Å². The van der Waals surface area contributed by atoms with E-state index in [9.17, 15) is 19.5 Å². The summed E-state index contributed by atoms with van der Waals surface area (Å²) >= 11 is 6.16. The smallest absolute Gasteiger partial charge is 0.337 e. The Labute approximate surface area is 148 Å². The number of thiocarbonyl (C=S) groups is 1. The third-order valence-corrected chi connectivity index (χ3v) is 4.75. The second kappa shape index (κ2) is 7.59. The lowest BCUT2D eigenvalue weighted by Crippen LogP contribution is -2.49. The Hall–Kier alpha value is -2.19. The highest BCUT2D eigenvalue weighted by molar-refractivity contribution is 8.26. The summed E-state index contributed by atoms with van der Waals surface area (Å²) in [5, 5.41) is 11.2. The lowest BCUT2D eigenvalue weighted by atomic mass is 10.1. The van der Waals surface area contributed by atoms with E-state index in [1.807, 2.05) is 0 Å². The summed E-state index contributed by atoms with van der Waals surface area (Å²) in [7, 11) is 1.29. The number of hydrogen-bond acceptors (Lipinski definition) is 7. The predicted molar refractivity (Wildman–Crippen MR) is 91.9 cm³/mol. The van der Waals surface area contributed by atoms with Gasteiger partial charge in [0.1, 0.15) is 4.32 Å². The minimum atomic E-state index is -1.34. The fourth-order valence-corrected chi connectivity index (χ4v) is 3.54. The van der Waals surface area contributed by atoms with Crippen molar-refractivity contribution in [3.8, 4) is 0 Å². The molecule has 0 spiro atoms. The van der Waals surface area contributed by atoms with E-state index in [0.29, 0.717) is 16.0 Å². The molecule has 2 rings (SSSR count). The summed E-state index contributed by atoms with van der Waals surface area (Å²) in [6.45, 7) is 1.65. The third kappa shape index (κ3) is 3.65. The highest BCUT2D eigenvalue weighted by atomic mass is 32.2. The fourth-order valence-electron chi connectivity index (χ4n) is 2.19. The number of methoxy groups -OCH3 is 1. The Morgan fingerprint density at radius 1 is 1.38 bits per heavy atom. The Bertz CT molecular complexity index is 726. The number of benzene rings is 1. The maximum absolute atomic E-state index is 12.4. The first kappa shape index (κ1) is 18.2. The maximum Gasteiger partial charge on any atom is 0.337 e. The van der Waals surface area contributed by atoms with Crippen molar-refractivity contribution in [1.29, 1.82) is 0 Å². The van der Waals surface area contributed by atoms with Crippen LogP contribution in [0.4, 0.5) is 0 Å². The predicted octanol–water partition coefficient (Wildman–Crippen LogP) is 1.20. The number of carbonyl (C=O) groups is 3. The number of amides is 1. The molecule has 0 bridgehead atoms. The van der Waals surface area contributed by atoms with Gasteiger partial charge >= 0.3 is 5.97 Å². The first-order chi connectivity index (χ1) is 11.4. The summed E-state index contributed by atoms with van der Waals surface area (Å²) in [4.78, 5) is 36.4. The van der Waals surface area contributed by atoms with E-state index in [2.05, 4.69) is 4.74 Å². The first-order valence-corrected chi connectivity index (χ1v) is 8.27. The number of rotatable bonds is 5. The Balaban J connectivity index is 2.25. The Morgan fingerprint density at radius 2 is 2.00 bits per heavy atom. The van der Waals surface area contributed by atoms with Gasteiger partial charge in [-0.15, -0.1) is 0 Å². The first-order valence-electron chi connectivity index (χ1n) is 7.05. The monoisotopic (exact) mass is 364 g/mol. The van der Waals surface area contributed by atoms with Crippen LogP contribution < -0.4 is 5.11 Å². The van der Waals surface area contributed by atoms with Gasteiger partial charge in [-0.2, -0.15) is 0 Å². The Kier molecular flexibility index (Phi) is 5.74. The highest BCUT2D eigenvalue weighted by Gasteiger charge is 2.36. The number of esters is 1. The van der Waals surface area contributed by atoms with Crippen LogP contribution in [0.5, 0.6) is 0 Å². The molecular formula is C16H14NO5S2-. The molecule has 1 heterocycles. The van der Waals surface area contributed by atoms with Crippen molar-refractivity contribution in [3.63, 3.8) is 0 Å². The van der Waals surface area contributed by atoms with Crippen molar-refractivity contribution in [2.75, 3.05) is 7.11 Å². The number of carbonyl (C=O) groups excluding carboxylic acids is 3. The van der Waals surface area contributed by atoms with Gasteiger partial charge in [-0.3, -0.25) is 9.69 Å². The SMILES string of the molecule is CC[C@@H](C(=O)[O-])N1C(=O)/C(=C/c2ccc(C(=O)OC)cc2)SC1=S. The molecule has 0 aromatic heterocycles. The molecule has 1 fully saturated rings. The topological polar surface area (TPSA) is 86.7 Å². The average Bonchev–Trinajstić information content (AvgIpc) is 2.83. The van der Waals surface area contributed by atoms with Gasteiger partial charge in [0.25, 0.3) is 5.91 Å². The molecule has 1 aromatic rings. The van der Waals surface area contributed by atoms with Crippen LogP contribution >= 0.6 is 24.0 Å². The number of carboxylic acid groups (broad SMARTS) is 1. The van der Waals surface area contributed by atoms with Gasteiger partial charge in [-0.25, -0.2) is 4.79 Å². The molecule has 0 radical (unpaired) electrons. The zero-order valence-electron chi connectivity index (χ0n) is 13.0. The fraction of sp³-hybridized carbons (Fsp3) is 0.250. The van der Waals surface area contributed by atoms with E-state index in [0.717, 1.165) is 16.7 Å². The van der Waals surface area contributed by atoms with Gasteiger partial charge in [0.15, 0.2) is 0 Å². The van der Waals surface area contributed by atoms with Crippen molar-refractivity contribution in [1.82, 2.24) is 4.90 Å². The zero-order valence-corrected chi connectivity index (χ0v) is 14.6. The second-order valence-electron chi connectivity index (χ2n) is 4.91. The molecule has 0 aliphatic carbocycles. The van der Waals surface area contributed by atoms with Crippen LogP contribution in [-0.4, -0.2) is 40.2 Å².